The molecule has 0 N–H and O–H groups in total. The molecule has 0 bridgehead atoms. The van der Waals surface area contributed by atoms with Gasteiger partial charge in [0, 0.05) is 15.2 Å². The summed E-state index contributed by atoms with van der Waals surface area (Å²) in [6.07, 6.45) is 8.27. The Morgan fingerprint density at radius 2 is 1.88 bits per heavy atom. The highest BCUT2D eigenvalue weighted by Gasteiger charge is 2.31. The third-order valence-electron chi connectivity index (χ3n) is 4.64. The molecule has 0 radical (unpaired) electrons. The molecule has 0 spiro atoms. The van der Waals surface area contributed by atoms with Crippen LogP contribution in [0.25, 0.3) is 0 Å². The SMILES string of the molecule is Clc1ccc(N=C2SC3C=CCCC3C/C2=C\Sc2ccccc2)cc1. The van der Waals surface area contributed by atoms with Crippen LogP contribution < -0.4 is 0 Å². The van der Waals surface area contributed by atoms with Gasteiger partial charge in [-0.25, -0.2) is 4.99 Å². The first kappa shape index (κ1) is 18.0. The van der Waals surface area contributed by atoms with E-state index in [1.165, 1.54) is 23.3 Å². The van der Waals surface area contributed by atoms with E-state index in [9.17, 15) is 0 Å². The Kier molecular flexibility index (Phi) is 5.88. The number of allylic oxidation sites excluding steroid dienone is 1. The molecule has 2 atom stereocenters. The van der Waals surface area contributed by atoms with Gasteiger partial charge in [-0.2, -0.15) is 0 Å². The fourth-order valence-electron chi connectivity index (χ4n) is 3.26. The van der Waals surface area contributed by atoms with Crippen molar-refractivity contribution in [3.8, 4) is 0 Å². The summed E-state index contributed by atoms with van der Waals surface area (Å²) in [4.78, 5) is 6.21. The van der Waals surface area contributed by atoms with E-state index in [1.807, 2.05) is 36.0 Å². The number of aliphatic imine (C=N–C) groups is 1. The Morgan fingerprint density at radius 3 is 2.69 bits per heavy atom. The van der Waals surface area contributed by atoms with E-state index < -0.39 is 0 Å². The zero-order valence-electron chi connectivity index (χ0n) is 14.3. The molecule has 1 nitrogen and oxygen atoms in total. The molecule has 4 heteroatoms. The number of halogens is 1. The second-order valence-corrected chi connectivity index (χ2v) is 9.07. The van der Waals surface area contributed by atoms with E-state index in [1.54, 1.807) is 11.8 Å². The van der Waals surface area contributed by atoms with Gasteiger partial charge in [-0.1, -0.05) is 65.5 Å². The fourth-order valence-corrected chi connectivity index (χ4v) is 5.58. The minimum absolute atomic E-state index is 0.550. The van der Waals surface area contributed by atoms with Crippen molar-refractivity contribution in [1.82, 2.24) is 0 Å². The van der Waals surface area contributed by atoms with E-state index >= 15 is 0 Å². The zero-order valence-corrected chi connectivity index (χ0v) is 16.7. The van der Waals surface area contributed by atoms with E-state index in [0.29, 0.717) is 5.25 Å². The third kappa shape index (κ3) is 4.46. The average molecular weight is 398 g/mol. The molecule has 0 aromatic heterocycles. The Labute approximate surface area is 168 Å². The van der Waals surface area contributed by atoms with Crippen LogP contribution in [-0.4, -0.2) is 10.3 Å². The van der Waals surface area contributed by atoms with Crippen molar-refractivity contribution in [3.05, 3.63) is 82.8 Å². The molecule has 2 aromatic rings. The van der Waals surface area contributed by atoms with Crippen LogP contribution in [0, 0.1) is 5.92 Å². The van der Waals surface area contributed by atoms with Gasteiger partial charge < -0.3 is 0 Å². The summed E-state index contributed by atoms with van der Waals surface area (Å²) in [6.45, 7) is 0. The minimum Gasteiger partial charge on any atom is -0.242 e. The second-order valence-electron chi connectivity index (χ2n) is 6.52. The van der Waals surface area contributed by atoms with Crippen LogP contribution in [0.15, 0.2) is 87.6 Å². The summed E-state index contributed by atoms with van der Waals surface area (Å²) in [7, 11) is 0. The molecule has 1 aliphatic heterocycles. The number of benzene rings is 2. The summed E-state index contributed by atoms with van der Waals surface area (Å²) >= 11 is 9.71. The molecule has 4 rings (SSSR count). The highest BCUT2D eigenvalue weighted by molar-refractivity contribution is 8.15. The third-order valence-corrected chi connectivity index (χ3v) is 7.23. The van der Waals surface area contributed by atoms with Gasteiger partial charge in [0.05, 0.1) is 5.69 Å². The molecular formula is C22H20ClNS2. The topological polar surface area (TPSA) is 12.4 Å². The van der Waals surface area contributed by atoms with Crippen molar-refractivity contribution >= 4 is 45.9 Å². The number of fused-ring (bicyclic) bond motifs is 1. The predicted octanol–water partition coefficient (Wildman–Crippen LogP) is 7.52. The lowest BCUT2D eigenvalue weighted by Gasteiger charge is -2.33. The second kappa shape index (κ2) is 8.51. The average Bonchev–Trinajstić information content (AvgIpc) is 2.69. The smallest absolute Gasteiger partial charge is 0.101 e. The van der Waals surface area contributed by atoms with Gasteiger partial charge >= 0.3 is 0 Å². The molecule has 2 aromatic carbocycles. The maximum Gasteiger partial charge on any atom is 0.101 e. The maximum atomic E-state index is 6.01. The van der Waals surface area contributed by atoms with Crippen LogP contribution in [0.1, 0.15) is 19.3 Å². The summed E-state index contributed by atoms with van der Waals surface area (Å²) in [5, 5.41) is 4.74. The fraction of sp³-hybridized carbons (Fsp3) is 0.227. The molecule has 0 amide bonds. The lowest BCUT2D eigenvalue weighted by atomic mass is 9.88. The molecule has 2 aliphatic rings. The predicted molar refractivity (Wildman–Crippen MR) is 117 cm³/mol. The first-order chi connectivity index (χ1) is 12.8. The van der Waals surface area contributed by atoms with Crippen LogP contribution in [0.2, 0.25) is 5.02 Å². The molecule has 26 heavy (non-hydrogen) atoms. The molecule has 1 aliphatic carbocycles. The number of rotatable bonds is 3. The van der Waals surface area contributed by atoms with Gasteiger partial charge in [-0.15, -0.1) is 0 Å². The monoisotopic (exact) mass is 397 g/mol. The Balaban J connectivity index is 1.63. The van der Waals surface area contributed by atoms with E-state index in [-0.39, 0.29) is 0 Å². The van der Waals surface area contributed by atoms with Gasteiger partial charge in [0.15, 0.2) is 0 Å². The van der Waals surface area contributed by atoms with E-state index in [0.717, 1.165) is 28.1 Å². The van der Waals surface area contributed by atoms with Crippen LogP contribution in [0.5, 0.6) is 0 Å². The molecule has 132 valence electrons. The first-order valence-corrected chi connectivity index (χ1v) is 11.0. The van der Waals surface area contributed by atoms with Crippen molar-refractivity contribution in [3.63, 3.8) is 0 Å². The van der Waals surface area contributed by atoms with Crippen molar-refractivity contribution in [2.45, 2.75) is 29.4 Å². The standard InChI is InChI=1S/C22H20ClNS2/c23-18-10-12-19(13-11-18)24-22-17(15-25-20-7-2-1-3-8-20)14-16-6-4-5-9-21(16)26-22/h1-3,5,7-13,15-16,21H,4,6,14H2/b17-15+,24-22?. The highest BCUT2D eigenvalue weighted by atomic mass is 35.5. The number of nitrogens with zero attached hydrogens (tertiary/aromatic N) is 1. The van der Waals surface area contributed by atoms with Gasteiger partial charge in [-0.3, -0.25) is 0 Å². The number of thioether (sulfide) groups is 2. The zero-order chi connectivity index (χ0) is 17.8. The Hall–Kier alpha value is -1.42. The largest absolute Gasteiger partial charge is 0.242 e. The molecule has 1 heterocycles. The Bertz CT molecular complexity index is 840. The normalized spacial score (nSPS) is 25.4. The van der Waals surface area contributed by atoms with Crippen molar-refractivity contribution in [2.24, 2.45) is 10.9 Å². The van der Waals surface area contributed by atoms with Crippen LogP contribution >= 0.6 is 35.1 Å². The highest BCUT2D eigenvalue weighted by Crippen LogP contribution is 2.43. The van der Waals surface area contributed by atoms with E-state index in [4.69, 9.17) is 16.6 Å². The lowest BCUT2D eigenvalue weighted by molar-refractivity contribution is 0.489. The summed E-state index contributed by atoms with van der Waals surface area (Å²) in [6, 6.07) is 18.3. The molecule has 2 unspecified atom stereocenters. The maximum absolute atomic E-state index is 6.01. The van der Waals surface area contributed by atoms with Crippen LogP contribution in [0.4, 0.5) is 5.69 Å². The number of hydrogen-bond acceptors (Lipinski definition) is 3. The summed E-state index contributed by atoms with van der Waals surface area (Å²) in [5.41, 5.74) is 2.32. The minimum atomic E-state index is 0.550. The van der Waals surface area contributed by atoms with E-state index in [2.05, 4.69) is 47.9 Å². The van der Waals surface area contributed by atoms with Crippen molar-refractivity contribution < 1.29 is 0 Å². The van der Waals surface area contributed by atoms with Gasteiger partial charge in [0.25, 0.3) is 0 Å². The molecular weight excluding hydrogens is 378 g/mol. The van der Waals surface area contributed by atoms with Crippen LogP contribution in [-0.2, 0) is 0 Å². The molecule has 0 saturated carbocycles. The van der Waals surface area contributed by atoms with Gasteiger partial charge in [0.2, 0.25) is 0 Å². The first-order valence-electron chi connectivity index (χ1n) is 8.86. The summed E-state index contributed by atoms with van der Waals surface area (Å²) < 4.78 is 0. The Morgan fingerprint density at radius 1 is 1.08 bits per heavy atom. The van der Waals surface area contributed by atoms with Crippen molar-refractivity contribution in [2.75, 3.05) is 0 Å². The van der Waals surface area contributed by atoms with Gasteiger partial charge in [-0.05, 0) is 72.6 Å². The molecule has 1 saturated heterocycles. The number of hydrogen-bond donors (Lipinski definition) is 0. The summed E-state index contributed by atoms with van der Waals surface area (Å²) in [5.74, 6) is 0.719. The van der Waals surface area contributed by atoms with Crippen LogP contribution in [0.3, 0.4) is 0 Å². The van der Waals surface area contributed by atoms with Gasteiger partial charge in [0.1, 0.15) is 5.04 Å². The lowest BCUT2D eigenvalue weighted by Crippen LogP contribution is -2.26. The molecule has 1 fully saturated rings. The van der Waals surface area contributed by atoms with Crippen molar-refractivity contribution in [1.29, 1.82) is 0 Å². The quantitative estimate of drug-likeness (QED) is 0.392.